The van der Waals surface area contributed by atoms with Crippen molar-refractivity contribution in [2.75, 3.05) is 0 Å². The van der Waals surface area contributed by atoms with E-state index in [4.69, 9.17) is 0 Å². The average molecular weight is 199 g/mol. The molecule has 2 rings (SSSR count). The van der Waals surface area contributed by atoms with E-state index in [1.165, 1.54) is 16.5 Å². The van der Waals surface area contributed by atoms with Crippen LogP contribution < -0.4 is 0 Å². The monoisotopic (exact) mass is 199 g/mol. The first kappa shape index (κ1) is 10.2. The Balaban J connectivity index is 2.75. The minimum Gasteiger partial charge on any atom is -0.256 e. The van der Waals surface area contributed by atoms with E-state index in [-0.39, 0.29) is 0 Å². The third kappa shape index (κ3) is 1.74. The van der Waals surface area contributed by atoms with Crippen molar-refractivity contribution in [3.8, 4) is 0 Å². The zero-order valence-corrected chi connectivity index (χ0v) is 9.62. The predicted octanol–water partition coefficient (Wildman–Crippen LogP) is 3.92. The minimum absolute atomic E-state index is 0.588. The smallest absolute Gasteiger partial charge is 0.0704 e. The summed E-state index contributed by atoms with van der Waals surface area (Å²) in [6.07, 6.45) is 2.94. The molecule has 0 radical (unpaired) electrons. The summed E-state index contributed by atoms with van der Waals surface area (Å²) in [5.41, 5.74) is 4.02. The van der Waals surface area contributed by atoms with E-state index >= 15 is 0 Å². The van der Waals surface area contributed by atoms with Crippen LogP contribution in [0, 0.1) is 0 Å². The summed E-state index contributed by atoms with van der Waals surface area (Å²) in [5, 5.41) is 1.31. The summed E-state index contributed by atoms with van der Waals surface area (Å²) < 4.78 is 0. The number of fused-ring (bicyclic) bond motifs is 1. The van der Waals surface area contributed by atoms with E-state index in [0.29, 0.717) is 5.92 Å². The highest BCUT2D eigenvalue weighted by Crippen LogP contribution is 2.26. The zero-order valence-electron chi connectivity index (χ0n) is 9.62. The predicted molar refractivity (Wildman–Crippen MR) is 65.2 cm³/mol. The van der Waals surface area contributed by atoms with Gasteiger partial charge in [-0.1, -0.05) is 32.9 Å². The molecule has 0 amide bonds. The highest BCUT2D eigenvalue weighted by molar-refractivity contribution is 5.83. The second kappa shape index (κ2) is 4.01. The lowest BCUT2D eigenvalue weighted by Crippen LogP contribution is -1.96. The molecule has 78 valence electrons. The lowest BCUT2D eigenvalue weighted by Gasteiger charge is -2.13. The van der Waals surface area contributed by atoms with Gasteiger partial charge in [0, 0.05) is 11.6 Å². The van der Waals surface area contributed by atoms with Crippen LogP contribution in [0.4, 0.5) is 0 Å². The summed E-state index contributed by atoms with van der Waals surface area (Å²) in [6, 6.07) is 8.54. The fraction of sp³-hybridized carbons (Fsp3) is 0.357. The fourth-order valence-corrected chi connectivity index (χ4v) is 2.17. The van der Waals surface area contributed by atoms with Crippen LogP contribution in [0.3, 0.4) is 0 Å². The van der Waals surface area contributed by atoms with Crippen LogP contribution in [-0.2, 0) is 6.42 Å². The van der Waals surface area contributed by atoms with Gasteiger partial charge in [-0.3, -0.25) is 4.98 Å². The van der Waals surface area contributed by atoms with Crippen molar-refractivity contribution in [3.63, 3.8) is 0 Å². The summed E-state index contributed by atoms with van der Waals surface area (Å²) in [7, 11) is 0. The third-order valence-corrected chi connectivity index (χ3v) is 2.91. The normalized spacial score (nSPS) is 11.2. The molecule has 0 atom stereocenters. The molecule has 0 saturated carbocycles. The van der Waals surface area contributed by atoms with Gasteiger partial charge in [0.15, 0.2) is 0 Å². The van der Waals surface area contributed by atoms with Crippen LogP contribution in [0.2, 0.25) is 0 Å². The number of nitrogens with zero attached hydrogens (tertiary/aromatic N) is 1. The molecule has 0 aliphatic heterocycles. The molecule has 2 aromatic rings. The maximum Gasteiger partial charge on any atom is 0.0704 e. The fourth-order valence-electron chi connectivity index (χ4n) is 2.17. The van der Waals surface area contributed by atoms with Crippen LogP contribution in [0.5, 0.6) is 0 Å². The van der Waals surface area contributed by atoms with Gasteiger partial charge < -0.3 is 0 Å². The Kier molecular flexibility index (Phi) is 2.72. The van der Waals surface area contributed by atoms with E-state index in [1.54, 1.807) is 0 Å². The second-order valence-electron chi connectivity index (χ2n) is 4.21. The third-order valence-electron chi connectivity index (χ3n) is 2.91. The lowest BCUT2D eigenvalue weighted by atomic mass is 9.92. The largest absolute Gasteiger partial charge is 0.256 e. The van der Waals surface area contributed by atoms with E-state index in [2.05, 4.69) is 44.0 Å². The molecule has 0 spiro atoms. The number of pyridine rings is 1. The number of aromatic nitrogens is 1. The van der Waals surface area contributed by atoms with E-state index < -0.39 is 0 Å². The Morgan fingerprint density at radius 3 is 2.67 bits per heavy atom. The number of hydrogen-bond donors (Lipinski definition) is 0. The first-order chi connectivity index (χ1) is 7.24. The molecule has 1 heterocycles. The van der Waals surface area contributed by atoms with Gasteiger partial charge in [0.1, 0.15) is 0 Å². The van der Waals surface area contributed by atoms with E-state index in [1.807, 2.05) is 12.3 Å². The lowest BCUT2D eigenvalue weighted by molar-refractivity contribution is 0.848. The highest BCUT2D eigenvalue weighted by atomic mass is 14.6. The van der Waals surface area contributed by atoms with Crippen LogP contribution in [0.25, 0.3) is 10.9 Å². The quantitative estimate of drug-likeness (QED) is 0.714. The Morgan fingerprint density at radius 2 is 2.00 bits per heavy atom. The van der Waals surface area contributed by atoms with Crippen LogP contribution in [-0.4, -0.2) is 4.98 Å². The Hall–Kier alpha value is -1.37. The van der Waals surface area contributed by atoms with E-state index in [9.17, 15) is 0 Å². The van der Waals surface area contributed by atoms with Crippen molar-refractivity contribution in [3.05, 3.63) is 41.6 Å². The first-order valence-corrected chi connectivity index (χ1v) is 5.60. The maximum absolute atomic E-state index is 4.39. The van der Waals surface area contributed by atoms with Crippen molar-refractivity contribution in [2.24, 2.45) is 0 Å². The van der Waals surface area contributed by atoms with Gasteiger partial charge in [-0.05, 0) is 35.6 Å². The number of benzene rings is 1. The number of hydrogen-bond acceptors (Lipinski definition) is 1. The molecule has 0 N–H and O–H groups in total. The standard InChI is InChI=1S/C14H17N/c1-4-11-12(10(2)3)7-8-14-13(11)6-5-9-15-14/h5-10H,4H2,1-3H3. The number of aryl methyl sites for hydroxylation is 1. The van der Waals surface area contributed by atoms with E-state index in [0.717, 1.165) is 11.9 Å². The van der Waals surface area contributed by atoms with Crippen LogP contribution in [0.1, 0.15) is 37.8 Å². The molecule has 15 heavy (non-hydrogen) atoms. The summed E-state index contributed by atoms with van der Waals surface area (Å²) in [4.78, 5) is 4.39. The molecule has 1 heteroatoms. The van der Waals surface area contributed by atoms with Crippen molar-refractivity contribution < 1.29 is 0 Å². The van der Waals surface area contributed by atoms with Crippen molar-refractivity contribution in [2.45, 2.75) is 33.1 Å². The van der Waals surface area contributed by atoms with Crippen molar-refractivity contribution in [1.82, 2.24) is 4.98 Å². The van der Waals surface area contributed by atoms with Gasteiger partial charge in [0.25, 0.3) is 0 Å². The molecule has 0 aliphatic rings. The highest BCUT2D eigenvalue weighted by Gasteiger charge is 2.08. The molecule has 1 nitrogen and oxygen atoms in total. The van der Waals surface area contributed by atoms with Gasteiger partial charge in [-0.25, -0.2) is 0 Å². The molecule has 0 fully saturated rings. The summed E-state index contributed by atoms with van der Waals surface area (Å²) in [5.74, 6) is 0.588. The van der Waals surface area contributed by atoms with Crippen LogP contribution in [0.15, 0.2) is 30.5 Å². The Labute approximate surface area is 91.2 Å². The van der Waals surface area contributed by atoms with Crippen molar-refractivity contribution in [1.29, 1.82) is 0 Å². The Morgan fingerprint density at radius 1 is 1.20 bits per heavy atom. The summed E-state index contributed by atoms with van der Waals surface area (Å²) >= 11 is 0. The first-order valence-electron chi connectivity index (χ1n) is 5.60. The molecule has 0 aliphatic carbocycles. The number of rotatable bonds is 2. The average Bonchev–Trinajstić information content (AvgIpc) is 2.27. The topological polar surface area (TPSA) is 12.9 Å². The minimum atomic E-state index is 0.588. The van der Waals surface area contributed by atoms with Gasteiger partial charge in [-0.15, -0.1) is 0 Å². The maximum atomic E-state index is 4.39. The molecular formula is C14H17N. The summed E-state index contributed by atoms with van der Waals surface area (Å²) in [6.45, 7) is 6.71. The molecule has 0 unspecified atom stereocenters. The molecule has 1 aromatic heterocycles. The van der Waals surface area contributed by atoms with Crippen molar-refractivity contribution >= 4 is 10.9 Å². The van der Waals surface area contributed by atoms with Gasteiger partial charge in [0.2, 0.25) is 0 Å². The van der Waals surface area contributed by atoms with Gasteiger partial charge in [0.05, 0.1) is 5.52 Å². The Bertz CT molecular complexity index is 472. The zero-order chi connectivity index (χ0) is 10.8. The van der Waals surface area contributed by atoms with Gasteiger partial charge >= 0.3 is 0 Å². The van der Waals surface area contributed by atoms with Crippen LogP contribution >= 0.6 is 0 Å². The second-order valence-corrected chi connectivity index (χ2v) is 4.21. The molecule has 1 aromatic carbocycles. The molecular weight excluding hydrogens is 182 g/mol. The molecule has 0 bridgehead atoms. The van der Waals surface area contributed by atoms with Gasteiger partial charge in [-0.2, -0.15) is 0 Å². The SMILES string of the molecule is CCc1c(C(C)C)ccc2ncccc12. The molecule has 0 saturated heterocycles.